The summed E-state index contributed by atoms with van der Waals surface area (Å²) < 4.78 is 5.22. The molecule has 3 nitrogen and oxygen atoms in total. The molecule has 0 atom stereocenters. The Morgan fingerprint density at radius 1 is 1.27 bits per heavy atom. The van der Waals surface area contributed by atoms with Crippen LogP contribution in [-0.4, -0.2) is 36.7 Å². The molecule has 4 heteroatoms. The fourth-order valence-electron chi connectivity index (χ4n) is 2.71. The van der Waals surface area contributed by atoms with E-state index in [2.05, 4.69) is 31.7 Å². The van der Waals surface area contributed by atoms with Crippen molar-refractivity contribution in [2.75, 3.05) is 26.8 Å². The summed E-state index contributed by atoms with van der Waals surface area (Å²) in [5.74, 6) is 0.595. The maximum absolute atomic E-state index is 6.57. The number of ether oxygens (including phenoxy) is 1. The number of pyridine rings is 1. The van der Waals surface area contributed by atoms with Gasteiger partial charge >= 0.3 is 0 Å². The van der Waals surface area contributed by atoms with E-state index in [1.165, 1.54) is 0 Å². The highest BCUT2D eigenvalue weighted by molar-refractivity contribution is 6.32. The highest BCUT2D eigenvalue weighted by Crippen LogP contribution is 2.27. The first kappa shape index (κ1) is 17.2. The Hall–Kier alpha value is -1.16. The number of methoxy groups -OCH3 is 1. The van der Waals surface area contributed by atoms with Crippen LogP contribution in [0, 0.1) is 12.8 Å². The Morgan fingerprint density at radius 3 is 2.68 bits per heavy atom. The quantitative estimate of drug-likeness (QED) is 0.760. The predicted molar refractivity (Wildman–Crippen MR) is 93.5 cm³/mol. The van der Waals surface area contributed by atoms with Gasteiger partial charge in [0, 0.05) is 32.1 Å². The van der Waals surface area contributed by atoms with Crippen LogP contribution in [0.4, 0.5) is 0 Å². The molecule has 0 bridgehead atoms. The zero-order chi connectivity index (χ0) is 16.1. The number of aryl methyl sites for hydroxylation is 1. The first-order valence-electron chi connectivity index (χ1n) is 7.78. The highest BCUT2D eigenvalue weighted by atomic mass is 35.5. The van der Waals surface area contributed by atoms with Gasteiger partial charge in [0.2, 0.25) is 0 Å². The SMILES string of the molecule is COCCN(Cc1nc2ccccc2c(C)c1Cl)CC(C)C. The second-order valence-corrected chi connectivity index (χ2v) is 6.51. The minimum Gasteiger partial charge on any atom is -0.383 e. The lowest BCUT2D eigenvalue weighted by molar-refractivity contribution is 0.135. The van der Waals surface area contributed by atoms with Crippen LogP contribution in [0.15, 0.2) is 24.3 Å². The molecular weight excluding hydrogens is 296 g/mol. The molecule has 22 heavy (non-hydrogen) atoms. The van der Waals surface area contributed by atoms with E-state index in [-0.39, 0.29) is 0 Å². The average Bonchev–Trinajstić information content (AvgIpc) is 2.49. The van der Waals surface area contributed by atoms with Crippen LogP contribution in [0.2, 0.25) is 5.02 Å². The maximum atomic E-state index is 6.57. The Morgan fingerprint density at radius 2 is 2.00 bits per heavy atom. The molecule has 0 spiro atoms. The van der Waals surface area contributed by atoms with Crippen LogP contribution in [0.3, 0.4) is 0 Å². The Labute approximate surface area is 138 Å². The third-order valence-electron chi connectivity index (χ3n) is 3.75. The standard InChI is InChI=1S/C18H25ClN2O/c1-13(2)11-21(9-10-22-4)12-17-18(19)14(3)15-7-5-6-8-16(15)20-17/h5-8,13H,9-12H2,1-4H3. The number of nitrogens with zero attached hydrogens (tertiary/aromatic N) is 2. The first-order valence-corrected chi connectivity index (χ1v) is 8.15. The van der Waals surface area contributed by atoms with E-state index >= 15 is 0 Å². The first-order chi connectivity index (χ1) is 10.5. The molecule has 0 aliphatic carbocycles. The van der Waals surface area contributed by atoms with Gasteiger partial charge in [-0.1, -0.05) is 43.6 Å². The van der Waals surface area contributed by atoms with Gasteiger partial charge in [-0.15, -0.1) is 0 Å². The number of rotatable bonds is 7. The van der Waals surface area contributed by atoms with Crippen molar-refractivity contribution in [3.8, 4) is 0 Å². The summed E-state index contributed by atoms with van der Waals surface area (Å²) in [7, 11) is 1.74. The van der Waals surface area contributed by atoms with Gasteiger partial charge in [0.25, 0.3) is 0 Å². The van der Waals surface area contributed by atoms with Crippen LogP contribution >= 0.6 is 11.6 Å². The summed E-state index contributed by atoms with van der Waals surface area (Å²) in [5, 5.41) is 1.91. The van der Waals surface area contributed by atoms with Crippen molar-refractivity contribution in [2.45, 2.75) is 27.3 Å². The minimum atomic E-state index is 0.595. The zero-order valence-electron chi connectivity index (χ0n) is 13.9. The van der Waals surface area contributed by atoms with Crippen LogP contribution in [0.1, 0.15) is 25.1 Å². The normalized spacial score (nSPS) is 11.8. The molecule has 0 saturated heterocycles. The van der Waals surface area contributed by atoms with E-state index in [4.69, 9.17) is 21.3 Å². The number of para-hydroxylation sites is 1. The van der Waals surface area contributed by atoms with Crippen molar-refractivity contribution in [2.24, 2.45) is 5.92 Å². The van der Waals surface area contributed by atoms with E-state index in [1.807, 2.05) is 18.2 Å². The molecule has 0 aliphatic heterocycles. The lowest BCUT2D eigenvalue weighted by Gasteiger charge is -2.24. The molecule has 1 heterocycles. The van der Waals surface area contributed by atoms with Gasteiger partial charge in [0.15, 0.2) is 0 Å². The Balaban J connectivity index is 2.29. The monoisotopic (exact) mass is 320 g/mol. The van der Waals surface area contributed by atoms with Crippen molar-refractivity contribution < 1.29 is 4.74 Å². The van der Waals surface area contributed by atoms with Gasteiger partial charge in [0.05, 0.1) is 22.8 Å². The van der Waals surface area contributed by atoms with E-state index in [1.54, 1.807) is 7.11 Å². The second kappa shape index (κ2) is 7.91. The van der Waals surface area contributed by atoms with Crippen LogP contribution < -0.4 is 0 Å². The summed E-state index contributed by atoms with van der Waals surface area (Å²) in [6.07, 6.45) is 0. The van der Waals surface area contributed by atoms with Gasteiger partial charge in [-0.3, -0.25) is 4.90 Å². The minimum absolute atomic E-state index is 0.595. The van der Waals surface area contributed by atoms with Crippen LogP contribution in [0.5, 0.6) is 0 Å². The molecule has 0 unspecified atom stereocenters. The third-order valence-corrected chi connectivity index (χ3v) is 4.26. The van der Waals surface area contributed by atoms with E-state index in [9.17, 15) is 0 Å². The topological polar surface area (TPSA) is 25.4 Å². The largest absolute Gasteiger partial charge is 0.383 e. The molecule has 120 valence electrons. The Kier molecular flexibility index (Phi) is 6.18. The smallest absolute Gasteiger partial charge is 0.0740 e. The fraction of sp³-hybridized carbons (Fsp3) is 0.500. The van der Waals surface area contributed by atoms with Gasteiger partial charge in [-0.05, 0) is 24.5 Å². The van der Waals surface area contributed by atoms with Crippen LogP contribution in [0.25, 0.3) is 10.9 Å². The van der Waals surface area contributed by atoms with Crippen molar-refractivity contribution in [3.05, 3.63) is 40.5 Å². The number of halogens is 1. The lowest BCUT2D eigenvalue weighted by atomic mass is 10.1. The summed E-state index contributed by atoms with van der Waals surface area (Å²) in [6.45, 7) is 9.88. The highest BCUT2D eigenvalue weighted by Gasteiger charge is 2.14. The van der Waals surface area contributed by atoms with Gasteiger partial charge in [-0.25, -0.2) is 4.98 Å². The summed E-state index contributed by atoms with van der Waals surface area (Å²) in [5.41, 5.74) is 3.07. The summed E-state index contributed by atoms with van der Waals surface area (Å²) in [6, 6.07) is 8.16. The number of hydrogen-bond acceptors (Lipinski definition) is 3. The summed E-state index contributed by atoms with van der Waals surface area (Å²) >= 11 is 6.57. The maximum Gasteiger partial charge on any atom is 0.0740 e. The average molecular weight is 321 g/mol. The molecule has 1 aromatic heterocycles. The van der Waals surface area contributed by atoms with Crippen molar-refractivity contribution in [1.82, 2.24) is 9.88 Å². The lowest BCUT2D eigenvalue weighted by Crippen LogP contribution is -2.31. The molecule has 0 aliphatic rings. The summed E-state index contributed by atoms with van der Waals surface area (Å²) in [4.78, 5) is 7.13. The van der Waals surface area contributed by atoms with Crippen molar-refractivity contribution >= 4 is 22.5 Å². The van der Waals surface area contributed by atoms with Crippen molar-refractivity contribution in [3.63, 3.8) is 0 Å². The van der Waals surface area contributed by atoms with Crippen LogP contribution in [-0.2, 0) is 11.3 Å². The van der Waals surface area contributed by atoms with Crippen molar-refractivity contribution in [1.29, 1.82) is 0 Å². The zero-order valence-corrected chi connectivity index (χ0v) is 14.7. The van der Waals surface area contributed by atoms with E-state index in [0.29, 0.717) is 5.92 Å². The molecule has 2 rings (SSSR count). The molecule has 0 radical (unpaired) electrons. The molecule has 0 amide bonds. The number of aromatic nitrogens is 1. The third kappa shape index (κ3) is 4.19. The van der Waals surface area contributed by atoms with Gasteiger partial charge in [0.1, 0.15) is 0 Å². The number of hydrogen-bond donors (Lipinski definition) is 0. The molecule has 0 N–H and O–H groups in total. The molecule has 0 fully saturated rings. The molecule has 0 saturated carbocycles. The van der Waals surface area contributed by atoms with Gasteiger partial charge < -0.3 is 4.74 Å². The van der Waals surface area contributed by atoms with E-state index < -0.39 is 0 Å². The number of fused-ring (bicyclic) bond motifs is 1. The molecule has 1 aromatic carbocycles. The fourth-order valence-corrected chi connectivity index (χ4v) is 2.91. The van der Waals surface area contributed by atoms with E-state index in [0.717, 1.165) is 53.4 Å². The second-order valence-electron chi connectivity index (χ2n) is 6.14. The predicted octanol–water partition coefficient (Wildman–Crippen LogP) is 4.30. The Bertz CT molecular complexity index is 628. The molecular formula is C18H25ClN2O. The molecule has 2 aromatic rings. The number of benzene rings is 1. The van der Waals surface area contributed by atoms with Gasteiger partial charge in [-0.2, -0.15) is 0 Å².